The molecular formula is C24H32Cl2N2O4. The van der Waals surface area contributed by atoms with Crippen LogP contribution in [-0.4, -0.2) is 60.9 Å². The summed E-state index contributed by atoms with van der Waals surface area (Å²) in [7, 11) is 0. The maximum Gasteiger partial charge on any atom is 0.258 e. The number of β-amino-alcohol motifs (C(OH)–C–C–N with tert-alkyl or cyclic N) is 1. The molecule has 1 atom stereocenters. The number of aliphatic hydroxyl groups is 1. The number of carbonyl (C=O) groups excluding carboxylic acids is 1. The van der Waals surface area contributed by atoms with E-state index in [9.17, 15) is 9.90 Å². The summed E-state index contributed by atoms with van der Waals surface area (Å²) in [5.41, 5.74) is 0. The van der Waals surface area contributed by atoms with Gasteiger partial charge in [-0.25, -0.2) is 0 Å². The predicted octanol–water partition coefficient (Wildman–Crippen LogP) is 4.42. The summed E-state index contributed by atoms with van der Waals surface area (Å²) in [5, 5.41) is 14.5. The molecule has 1 fully saturated rings. The third-order valence-electron chi connectivity index (χ3n) is 4.86. The molecule has 1 aliphatic rings. The second-order valence-corrected chi connectivity index (χ2v) is 8.18. The van der Waals surface area contributed by atoms with Crippen LogP contribution in [-0.2, 0) is 4.79 Å². The Labute approximate surface area is 200 Å². The number of hydrogen-bond acceptors (Lipinski definition) is 5. The number of rotatable bonds is 9. The molecular weight excluding hydrogens is 451 g/mol. The molecule has 1 unspecified atom stereocenters. The molecule has 0 saturated carbocycles. The smallest absolute Gasteiger partial charge is 0.258 e. The van der Waals surface area contributed by atoms with Gasteiger partial charge >= 0.3 is 0 Å². The summed E-state index contributed by atoms with van der Waals surface area (Å²) >= 11 is 11.7. The average Bonchev–Trinajstić information content (AvgIpc) is 2.81. The van der Waals surface area contributed by atoms with Gasteiger partial charge in [0.25, 0.3) is 5.91 Å². The van der Waals surface area contributed by atoms with Crippen molar-refractivity contribution >= 4 is 29.1 Å². The van der Waals surface area contributed by atoms with Crippen molar-refractivity contribution in [2.75, 3.05) is 32.8 Å². The molecule has 1 saturated heterocycles. The van der Waals surface area contributed by atoms with Crippen LogP contribution in [0.15, 0.2) is 48.5 Å². The molecule has 8 heteroatoms. The number of hydrogen-bond donors (Lipinski definition) is 2. The summed E-state index contributed by atoms with van der Waals surface area (Å²) < 4.78 is 11.1. The van der Waals surface area contributed by atoms with Crippen LogP contribution in [0.1, 0.15) is 26.7 Å². The van der Waals surface area contributed by atoms with Gasteiger partial charge < -0.3 is 24.8 Å². The normalized spacial score (nSPS) is 15.3. The van der Waals surface area contributed by atoms with E-state index in [0.717, 1.165) is 25.9 Å². The fraction of sp³-hybridized carbons (Fsp3) is 0.458. The Morgan fingerprint density at radius 3 is 2.03 bits per heavy atom. The van der Waals surface area contributed by atoms with Crippen LogP contribution in [0.3, 0.4) is 0 Å². The molecule has 6 nitrogen and oxygen atoms in total. The minimum Gasteiger partial charge on any atom is -0.491 e. The number of halogens is 2. The fourth-order valence-corrected chi connectivity index (χ4v) is 3.53. The molecule has 2 aromatic carbocycles. The molecule has 2 aromatic rings. The topological polar surface area (TPSA) is 71.0 Å². The lowest BCUT2D eigenvalue weighted by molar-refractivity contribution is -0.124. The molecule has 0 aliphatic carbocycles. The fourth-order valence-electron chi connectivity index (χ4n) is 3.28. The first kappa shape index (κ1) is 26.3. The summed E-state index contributed by atoms with van der Waals surface area (Å²) in [6.07, 6.45) is 1.08. The van der Waals surface area contributed by atoms with Gasteiger partial charge in [0.05, 0.1) is 0 Å². The summed E-state index contributed by atoms with van der Waals surface area (Å²) in [4.78, 5) is 14.3. The van der Waals surface area contributed by atoms with Crippen molar-refractivity contribution in [1.29, 1.82) is 0 Å². The Hall–Kier alpha value is -1.99. The van der Waals surface area contributed by atoms with Gasteiger partial charge in [0.1, 0.15) is 24.2 Å². The third kappa shape index (κ3) is 9.65. The van der Waals surface area contributed by atoms with Crippen LogP contribution in [0.5, 0.6) is 11.5 Å². The predicted molar refractivity (Wildman–Crippen MR) is 129 cm³/mol. The molecule has 3 rings (SSSR count). The summed E-state index contributed by atoms with van der Waals surface area (Å²) in [6.45, 7) is 6.35. The van der Waals surface area contributed by atoms with E-state index in [4.69, 9.17) is 32.7 Å². The van der Waals surface area contributed by atoms with Gasteiger partial charge in [-0.3, -0.25) is 4.79 Å². The number of benzene rings is 2. The van der Waals surface area contributed by atoms with E-state index in [0.29, 0.717) is 28.1 Å². The lowest BCUT2D eigenvalue weighted by atomic mass is 10.0. The maximum atomic E-state index is 12.1. The van der Waals surface area contributed by atoms with Crippen LogP contribution in [0, 0.1) is 0 Å². The standard InChI is InChI=1S/C22H26Cl2N2O4.C2H6/c23-16-1-5-20(6-2-16)29-14-19(27)13-26-11-9-18(10-12-26)25-22(28)15-30-21-7-3-17(24)4-8-21;1-2/h1-8,18-19,27H,9-15H2,(H,25,28);1-2H3. The number of nitrogens with zero attached hydrogens (tertiary/aromatic N) is 1. The zero-order chi connectivity index (χ0) is 23.3. The van der Waals surface area contributed by atoms with Gasteiger partial charge in [0.15, 0.2) is 6.61 Å². The Balaban J connectivity index is 0.00000176. The quantitative estimate of drug-likeness (QED) is 0.553. The van der Waals surface area contributed by atoms with Crippen LogP contribution in [0.2, 0.25) is 10.0 Å². The zero-order valence-electron chi connectivity index (χ0n) is 18.6. The van der Waals surface area contributed by atoms with Crippen molar-refractivity contribution in [2.24, 2.45) is 0 Å². The van der Waals surface area contributed by atoms with E-state index in [1.807, 2.05) is 13.8 Å². The second-order valence-electron chi connectivity index (χ2n) is 7.30. The first-order valence-corrected chi connectivity index (χ1v) is 11.7. The minimum absolute atomic E-state index is 0.0252. The summed E-state index contributed by atoms with van der Waals surface area (Å²) in [5.74, 6) is 1.15. The molecule has 0 bridgehead atoms. The minimum atomic E-state index is -0.584. The van der Waals surface area contributed by atoms with Gasteiger partial charge in [-0.2, -0.15) is 0 Å². The van der Waals surface area contributed by atoms with Gasteiger partial charge in [-0.1, -0.05) is 37.0 Å². The highest BCUT2D eigenvalue weighted by Crippen LogP contribution is 2.17. The number of amides is 1. The first-order chi connectivity index (χ1) is 15.5. The van der Waals surface area contributed by atoms with Gasteiger partial charge in [0.2, 0.25) is 0 Å². The SMILES string of the molecule is CC.O=C(COc1ccc(Cl)cc1)NC1CCN(CC(O)COc2ccc(Cl)cc2)CC1. The van der Waals surface area contributed by atoms with E-state index < -0.39 is 6.10 Å². The summed E-state index contributed by atoms with van der Waals surface area (Å²) in [6, 6.07) is 14.1. The van der Waals surface area contributed by atoms with Crippen molar-refractivity contribution in [3.8, 4) is 11.5 Å². The molecule has 0 radical (unpaired) electrons. The van der Waals surface area contributed by atoms with E-state index in [2.05, 4.69) is 10.2 Å². The van der Waals surface area contributed by atoms with Crippen LogP contribution in [0.4, 0.5) is 0 Å². The van der Waals surface area contributed by atoms with Crippen molar-refractivity contribution in [3.63, 3.8) is 0 Å². The van der Waals surface area contributed by atoms with Gasteiger partial charge in [0, 0.05) is 35.7 Å². The number of aliphatic hydroxyl groups excluding tert-OH is 1. The number of likely N-dealkylation sites (tertiary alicyclic amines) is 1. The Morgan fingerprint density at radius 1 is 1.00 bits per heavy atom. The van der Waals surface area contributed by atoms with Crippen LogP contribution >= 0.6 is 23.2 Å². The van der Waals surface area contributed by atoms with Crippen LogP contribution < -0.4 is 14.8 Å². The highest BCUT2D eigenvalue weighted by atomic mass is 35.5. The molecule has 0 spiro atoms. The number of piperidine rings is 1. The molecule has 0 aromatic heterocycles. The number of carbonyl (C=O) groups is 1. The Kier molecular flexibility index (Phi) is 11.7. The van der Waals surface area contributed by atoms with Crippen molar-refractivity contribution < 1.29 is 19.4 Å². The van der Waals surface area contributed by atoms with E-state index >= 15 is 0 Å². The average molecular weight is 483 g/mol. The molecule has 1 amide bonds. The molecule has 176 valence electrons. The highest BCUT2D eigenvalue weighted by molar-refractivity contribution is 6.30. The molecule has 2 N–H and O–H groups in total. The maximum absolute atomic E-state index is 12.1. The Bertz CT molecular complexity index is 795. The zero-order valence-corrected chi connectivity index (χ0v) is 20.1. The molecule has 1 aliphatic heterocycles. The molecule has 32 heavy (non-hydrogen) atoms. The van der Waals surface area contributed by atoms with Gasteiger partial charge in [-0.15, -0.1) is 0 Å². The number of ether oxygens (including phenoxy) is 2. The largest absolute Gasteiger partial charge is 0.491 e. The van der Waals surface area contributed by atoms with Gasteiger partial charge in [-0.05, 0) is 61.4 Å². The van der Waals surface area contributed by atoms with E-state index in [1.165, 1.54) is 0 Å². The second kappa shape index (κ2) is 14.2. The first-order valence-electron chi connectivity index (χ1n) is 10.9. The Morgan fingerprint density at radius 2 is 1.50 bits per heavy atom. The van der Waals surface area contributed by atoms with Crippen LogP contribution in [0.25, 0.3) is 0 Å². The monoisotopic (exact) mass is 482 g/mol. The molecule has 1 heterocycles. The van der Waals surface area contributed by atoms with E-state index in [1.54, 1.807) is 48.5 Å². The number of nitrogens with one attached hydrogen (secondary N) is 1. The lowest BCUT2D eigenvalue weighted by Crippen LogP contribution is -2.48. The lowest BCUT2D eigenvalue weighted by Gasteiger charge is -2.33. The van der Waals surface area contributed by atoms with Crippen molar-refractivity contribution in [3.05, 3.63) is 58.6 Å². The highest BCUT2D eigenvalue weighted by Gasteiger charge is 2.22. The third-order valence-corrected chi connectivity index (χ3v) is 5.37. The van der Waals surface area contributed by atoms with Crippen molar-refractivity contribution in [1.82, 2.24) is 10.2 Å². The van der Waals surface area contributed by atoms with E-state index in [-0.39, 0.29) is 25.2 Å². The van der Waals surface area contributed by atoms with Crippen molar-refractivity contribution in [2.45, 2.75) is 38.8 Å².